The molecule has 160 valence electrons. The number of hydrogen-bond acceptors (Lipinski definition) is 5. The van der Waals surface area contributed by atoms with Crippen LogP contribution in [-0.4, -0.2) is 38.8 Å². The molecule has 1 aliphatic carbocycles. The Labute approximate surface area is 181 Å². The molecule has 0 radical (unpaired) electrons. The molecule has 2 aromatic heterocycles. The zero-order valence-electron chi connectivity index (χ0n) is 17.4. The summed E-state index contributed by atoms with van der Waals surface area (Å²) < 4.78 is 0. The van der Waals surface area contributed by atoms with Crippen LogP contribution in [-0.2, 0) is 24.3 Å². The molecule has 7 heteroatoms. The van der Waals surface area contributed by atoms with Gasteiger partial charge in [-0.05, 0) is 43.6 Å². The number of carbonyl (C=O) groups is 1. The van der Waals surface area contributed by atoms with Crippen LogP contribution in [0.2, 0.25) is 0 Å². The van der Waals surface area contributed by atoms with E-state index in [1.807, 2.05) is 4.90 Å². The minimum Gasteiger partial charge on any atom is -0.332 e. The number of nitrogens with zero attached hydrogens (tertiary/aromatic N) is 3. The molecule has 6 nitrogen and oxygen atoms in total. The van der Waals surface area contributed by atoms with Crippen molar-refractivity contribution in [1.82, 2.24) is 19.8 Å². The maximum atomic E-state index is 13.2. The fourth-order valence-electron chi connectivity index (χ4n) is 5.30. The van der Waals surface area contributed by atoms with Crippen molar-refractivity contribution in [2.24, 2.45) is 5.92 Å². The second-order valence-electron chi connectivity index (χ2n) is 8.94. The first-order valence-corrected chi connectivity index (χ1v) is 12.2. The largest absolute Gasteiger partial charge is 0.332 e. The molecule has 1 amide bonds. The van der Waals surface area contributed by atoms with Crippen molar-refractivity contribution in [1.29, 1.82) is 0 Å². The van der Waals surface area contributed by atoms with E-state index in [9.17, 15) is 9.59 Å². The summed E-state index contributed by atoms with van der Waals surface area (Å²) in [6, 6.07) is 4.14. The minimum atomic E-state index is -0.0750. The Morgan fingerprint density at radius 3 is 2.80 bits per heavy atom. The van der Waals surface area contributed by atoms with Crippen LogP contribution in [0.4, 0.5) is 0 Å². The van der Waals surface area contributed by atoms with Crippen molar-refractivity contribution < 1.29 is 4.79 Å². The van der Waals surface area contributed by atoms with Crippen molar-refractivity contribution >= 4 is 17.2 Å². The molecule has 1 atom stereocenters. The topological polar surface area (TPSA) is 69.3 Å². The van der Waals surface area contributed by atoms with Gasteiger partial charge >= 0.3 is 0 Å². The number of thiophene rings is 1. The third-order valence-corrected chi connectivity index (χ3v) is 7.79. The van der Waals surface area contributed by atoms with Crippen LogP contribution in [0.25, 0.3) is 0 Å². The number of nitrogens with one attached hydrogen (secondary N) is 1. The summed E-state index contributed by atoms with van der Waals surface area (Å²) in [5, 5.41) is 2.09. The average molecular weight is 427 g/mol. The van der Waals surface area contributed by atoms with E-state index in [4.69, 9.17) is 4.98 Å². The van der Waals surface area contributed by atoms with Crippen molar-refractivity contribution in [2.45, 2.75) is 70.5 Å². The van der Waals surface area contributed by atoms with E-state index in [1.54, 1.807) is 11.3 Å². The van der Waals surface area contributed by atoms with Crippen LogP contribution in [0.15, 0.2) is 22.3 Å². The molecule has 1 N–H and O–H groups in total. The van der Waals surface area contributed by atoms with Crippen LogP contribution in [0.3, 0.4) is 0 Å². The van der Waals surface area contributed by atoms with Gasteiger partial charge < -0.3 is 9.88 Å². The minimum absolute atomic E-state index is 0.0234. The molecule has 2 aromatic rings. The molecule has 5 rings (SSSR count). The number of rotatable bonds is 4. The Bertz CT molecular complexity index is 949. The molecule has 4 heterocycles. The van der Waals surface area contributed by atoms with E-state index in [1.165, 1.54) is 4.88 Å². The van der Waals surface area contributed by atoms with Gasteiger partial charge in [-0.3, -0.25) is 14.5 Å². The summed E-state index contributed by atoms with van der Waals surface area (Å²) >= 11 is 1.76. The van der Waals surface area contributed by atoms with E-state index >= 15 is 0 Å². The number of piperidine rings is 1. The lowest BCUT2D eigenvalue weighted by Crippen LogP contribution is -2.43. The highest BCUT2D eigenvalue weighted by Gasteiger charge is 2.35. The highest BCUT2D eigenvalue weighted by Crippen LogP contribution is 2.34. The fourth-order valence-corrected chi connectivity index (χ4v) is 6.05. The van der Waals surface area contributed by atoms with Gasteiger partial charge in [0.25, 0.3) is 5.56 Å². The van der Waals surface area contributed by atoms with E-state index in [-0.39, 0.29) is 23.4 Å². The Balaban J connectivity index is 1.37. The molecule has 0 unspecified atom stereocenters. The molecule has 0 spiro atoms. The van der Waals surface area contributed by atoms with E-state index in [0.717, 1.165) is 82.3 Å². The molecule has 2 aliphatic heterocycles. The Morgan fingerprint density at radius 2 is 2.00 bits per heavy atom. The van der Waals surface area contributed by atoms with Gasteiger partial charge in [-0.15, -0.1) is 11.3 Å². The Hall–Kier alpha value is -1.99. The summed E-state index contributed by atoms with van der Waals surface area (Å²) in [6.45, 7) is 3.22. The van der Waals surface area contributed by atoms with Gasteiger partial charge in [0.1, 0.15) is 5.82 Å². The van der Waals surface area contributed by atoms with Gasteiger partial charge in [0.15, 0.2) is 0 Å². The monoisotopic (exact) mass is 426 g/mol. The molecule has 30 heavy (non-hydrogen) atoms. The second-order valence-corrected chi connectivity index (χ2v) is 9.97. The van der Waals surface area contributed by atoms with Crippen LogP contribution in [0, 0.1) is 5.92 Å². The average Bonchev–Trinajstić information content (AvgIpc) is 3.48. The molecular formula is C23H30N4O2S. The smallest absolute Gasteiger partial charge is 0.255 e. The predicted molar refractivity (Wildman–Crippen MR) is 117 cm³/mol. The molecule has 1 saturated heterocycles. The highest BCUT2D eigenvalue weighted by atomic mass is 32.1. The van der Waals surface area contributed by atoms with E-state index < -0.39 is 0 Å². The third-order valence-electron chi connectivity index (χ3n) is 6.93. The first-order valence-electron chi connectivity index (χ1n) is 11.4. The van der Waals surface area contributed by atoms with Crippen LogP contribution >= 0.6 is 11.3 Å². The fraction of sp³-hybridized carbons (Fsp3) is 0.609. The first-order chi connectivity index (χ1) is 14.7. The number of H-pyrrole nitrogens is 1. The van der Waals surface area contributed by atoms with Gasteiger partial charge in [-0.2, -0.15) is 0 Å². The molecular weight excluding hydrogens is 396 g/mol. The number of carbonyl (C=O) groups excluding carboxylic acids is 1. The Kier molecular flexibility index (Phi) is 5.74. The lowest BCUT2D eigenvalue weighted by molar-refractivity contribution is -0.139. The maximum absolute atomic E-state index is 13.2. The standard InChI is InChI=1S/C23H30N4O2S/c28-22-18-15-26(14-17-8-5-13-30-17)12-10-19(18)24-21(25-22)20-9-3-4-11-27(20)23(29)16-6-1-2-7-16/h5,8,13,16,20H,1-4,6-7,9-12,14-15H2,(H,24,25,28)/t20-/m1/s1. The van der Waals surface area contributed by atoms with Crippen LogP contribution in [0.1, 0.15) is 72.9 Å². The van der Waals surface area contributed by atoms with Gasteiger partial charge in [-0.25, -0.2) is 4.98 Å². The van der Waals surface area contributed by atoms with Crippen LogP contribution < -0.4 is 5.56 Å². The normalized spacial score (nSPS) is 22.9. The number of aromatic amines is 1. The summed E-state index contributed by atoms with van der Waals surface area (Å²) in [4.78, 5) is 39.8. The summed E-state index contributed by atoms with van der Waals surface area (Å²) in [6.07, 6.45) is 8.14. The number of amides is 1. The van der Waals surface area contributed by atoms with Gasteiger partial charge in [-0.1, -0.05) is 18.9 Å². The molecule has 1 saturated carbocycles. The SMILES string of the molecule is O=C(C1CCCC1)N1CCCC[C@@H]1c1nc2c(c(=O)[nH]1)CN(Cc1cccs1)CC2. The summed E-state index contributed by atoms with van der Waals surface area (Å²) in [5.41, 5.74) is 1.70. The lowest BCUT2D eigenvalue weighted by atomic mass is 9.97. The highest BCUT2D eigenvalue weighted by molar-refractivity contribution is 7.09. The van der Waals surface area contributed by atoms with Gasteiger partial charge in [0, 0.05) is 43.4 Å². The number of aromatic nitrogens is 2. The second kappa shape index (κ2) is 8.63. The molecule has 0 aromatic carbocycles. The predicted octanol–water partition coefficient (Wildman–Crippen LogP) is 3.63. The zero-order chi connectivity index (χ0) is 20.5. The van der Waals surface area contributed by atoms with E-state index in [0.29, 0.717) is 12.4 Å². The lowest BCUT2D eigenvalue weighted by Gasteiger charge is -2.37. The number of likely N-dealkylation sites (tertiary alicyclic amines) is 1. The third kappa shape index (κ3) is 3.97. The quantitative estimate of drug-likeness (QED) is 0.811. The van der Waals surface area contributed by atoms with Crippen molar-refractivity contribution in [3.8, 4) is 0 Å². The maximum Gasteiger partial charge on any atom is 0.255 e. The zero-order valence-corrected chi connectivity index (χ0v) is 18.3. The number of fused-ring (bicyclic) bond motifs is 1. The van der Waals surface area contributed by atoms with Gasteiger partial charge in [0.05, 0.1) is 17.3 Å². The first kappa shape index (κ1) is 19.9. The van der Waals surface area contributed by atoms with E-state index in [2.05, 4.69) is 27.4 Å². The summed E-state index contributed by atoms with van der Waals surface area (Å²) in [7, 11) is 0. The molecule has 3 aliphatic rings. The van der Waals surface area contributed by atoms with Gasteiger partial charge in [0.2, 0.25) is 5.91 Å². The molecule has 0 bridgehead atoms. The summed E-state index contributed by atoms with van der Waals surface area (Å²) in [5.74, 6) is 1.15. The Morgan fingerprint density at radius 1 is 1.17 bits per heavy atom. The van der Waals surface area contributed by atoms with Crippen LogP contribution in [0.5, 0.6) is 0 Å². The molecule has 2 fully saturated rings. The van der Waals surface area contributed by atoms with Crippen molar-refractivity contribution in [2.75, 3.05) is 13.1 Å². The number of hydrogen-bond donors (Lipinski definition) is 1. The van der Waals surface area contributed by atoms with Crippen molar-refractivity contribution in [3.05, 3.63) is 49.8 Å². The van der Waals surface area contributed by atoms with Crippen molar-refractivity contribution in [3.63, 3.8) is 0 Å².